The number of aromatic nitrogens is 1. The lowest BCUT2D eigenvalue weighted by molar-refractivity contribution is -0.134. The van der Waals surface area contributed by atoms with Crippen molar-refractivity contribution in [3.8, 4) is 0 Å². The molecule has 23 heavy (non-hydrogen) atoms. The van der Waals surface area contributed by atoms with Gasteiger partial charge < -0.3 is 19.7 Å². The second kappa shape index (κ2) is 7.64. The SMILES string of the molecule is O=C1CCC(C(=O)N2CCCN(CCCn3cccc3)CC2)N1. The number of nitrogens with zero attached hydrogens (tertiary/aromatic N) is 3. The van der Waals surface area contributed by atoms with Gasteiger partial charge in [0, 0.05) is 45.0 Å². The molecule has 1 N–H and O–H groups in total. The third kappa shape index (κ3) is 4.34. The summed E-state index contributed by atoms with van der Waals surface area (Å²) in [5.74, 6) is 0.106. The molecule has 2 fully saturated rings. The van der Waals surface area contributed by atoms with E-state index in [1.54, 1.807) is 0 Å². The lowest BCUT2D eigenvalue weighted by Crippen LogP contribution is -2.45. The van der Waals surface area contributed by atoms with Gasteiger partial charge in [0.25, 0.3) is 0 Å². The maximum absolute atomic E-state index is 12.5. The summed E-state index contributed by atoms with van der Waals surface area (Å²) in [6, 6.07) is 3.82. The Kier molecular flexibility index (Phi) is 5.33. The Bertz CT molecular complexity index is 529. The van der Waals surface area contributed by atoms with E-state index in [0.29, 0.717) is 12.8 Å². The molecule has 1 atom stereocenters. The molecule has 2 amide bonds. The van der Waals surface area contributed by atoms with Gasteiger partial charge >= 0.3 is 0 Å². The minimum Gasteiger partial charge on any atom is -0.354 e. The summed E-state index contributed by atoms with van der Waals surface area (Å²) < 4.78 is 2.20. The van der Waals surface area contributed by atoms with Gasteiger partial charge in [0.1, 0.15) is 6.04 Å². The number of hydrogen-bond donors (Lipinski definition) is 1. The molecule has 6 heteroatoms. The normalized spacial score (nSPS) is 22.9. The molecule has 2 aliphatic heterocycles. The Labute approximate surface area is 137 Å². The second-order valence-electron chi connectivity index (χ2n) is 6.45. The topological polar surface area (TPSA) is 57.6 Å². The van der Waals surface area contributed by atoms with E-state index in [9.17, 15) is 9.59 Å². The molecule has 0 aromatic carbocycles. The first kappa shape index (κ1) is 16.1. The summed E-state index contributed by atoms with van der Waals surface area (Å²) in [6.45, 7) is 5.67. The minimum atomic E-state index is -0.289. The number of nitrogens with one attached hydrogen (secondary N) is 1. The molecule has 6 nitrogen and oxygen atoms in total. The number of carbonyl (C=O) groups is 2. The lowest BCUT2D eigenvalue weighted by atomic mass is 10.2. The summed E-state index contributed by atoms with van der Waals surface area (Å²) in [5, 5.41) is 2.79. The number of carbonyl (C=O) groups excluding carboxylic acids is 2. The third-order valence-corrected chi connectivity index (χ3v) is 4.75. The molecule has 126 valence electrons. The maximum Gasteiger partial charge on any atom is 0.245 e. The average Bonchev–Trinajstić information content (AvgIpc) is 3.15. The van der Waals surface area contributed by atoms with Gasteiger partial charge in [-0.1, -0.05) is 0 Å². The molecular formula is C17H26N4O2. The van der Waals surface area contributed by atoms with Crippen LogP contribution in [0, 0.1) is 0 Å². The summed E-state index contributed by atoms with van der Waals surface area (Å²) >= 11 is 0. The van der Waals surface area contributed by atoms with Gasteiger partial charge in [-0.25, -0.2) is 0 Å². The smallest absolute Gasteiger partial charge is 0.245 e. The zero-order valence-corrected chi connectivity index (χ0v) is 13.6. The third-order valence-electron chi connectivity index (χ3n) is 4.75. The molecular weight excluding hydrogens is 292 g/mol. The first-order valence-electron chi connectivity index (χ1n) is 8.63. The number of rotatable bonds is 5. The van der Waals surface area contributed by atoms with E-state index >= 15 is 0 Å². The minimum absolute atomic E-state index is 0.00445. The summed E-state index contributed by atoms with van der Waals surface area (Å²) in [4.78, 5) is 28.1. The summed E-state index contributed by atoms with van der Waals surface area (Å²) in [6.07, 6.45) is 7.46. The van der Waals surface area contributed by atoms with Gasteiger partial charge in [0.2, 0.25) is 11.8 Å². The highest BCUT2D eigenvalue weighted by Gasteiger charge is 2.31. The van der Waals surface area contributed by atoms with Gasteiger partial charge in [-0.2, -0.15) is 0 Å². The van der Waals surface area contributed by atoms with Crippen molar-refractivity contribution in [1.29, 1.82) is 0 Å². The Balaban J connectivity index is 1.41. The maximum atomic E-state index is 12.5. The van der Waals surface area contributed by atoms with Crippen LogP contribution in [0.3, 0.4) is 0 Å². The van der Waals surface area contributed by atoms with Crippen LogP contribution in [-0.2, 0) is 16.1 Å². The molecule has 1 unspecified atom stereocenters. The highest BCUT2D eigenvalue weighted by atomic mass is 16.2. The quantitative estimate of drug-likeness (QED) is 0.869. The van der Waals surface area contributed by atoms with Crippen LogP contribution >= 0.6 is 0 Å². The molecule has 3 rings (SSSR count). The standard InChI is InChI=1S/C17H26N4O2/c22-16-6-5-15(18-16)17(23)21-12-4-11-20(13-14-21)10-3-9-19-7-1-2-8-19/h1-2,7-8,15H,3-6,9-14H2,(H,18,22). The molecule has 3 heterocycles. The molecule has 0 spiro atoms. The lowest BCUT2D eigenvalue weighted by Gasteiger charge is -2.24. The van der Waals surface area contributed by atoms with Gasteiger partial charge in [-0.3, -0.25) is 9.59 Å². The molecule has 2 saturated heterocycles. The van der Waals surface area contributed by atoms with Gasteiger partial charge in [-0.05, 0) is 44.5 Å². The van der Waals surface area contributed by atoms with Crippen molar-refractivity contribution in [1.82, 2.24) is 19.7 Å². The highest BCUT2D eigenvalue weighted by Crippen LogP contribution is 2.12. The molecule has 1 aromatic rings. The largest absolute Gasteiger partial charge is 0.354 e. The zero-order valence-electron chi connectivity index (χ0n) is 13.6. The number of hydrogen-bond acceptors (Lipinski definition) is 3. The monoisotopic (exact) mass is 318 g/mol. The fourth-order valence-corrected chi connectivity index (χ4v) is 3.43. The van der Waals surface area contributed by atoms with Crippen LogP contribution < -0.4 is 5.32 Å². The first-order valence-corrected chi connectivity index (χ1v) is 8.63. The van der Waals surface area contributed by atoms with Crippen molar-refractivity contribution in [2.45, 2.75) is 38.3 Å². The van der Waals surface area contributed by atoms with Crippen LogP contribution in [0.2, 0.25) is 0 Å². The van der Waals surface area contributed by atoms with Crippen molar-refractivity contribution in [3.05, 3.63) is 24.5 Å². The van der Waals surface area contributed by atoms with Crippen molar-refractivity contribution in [2.75, 3.05) is 32.7 Å². The van der Waals surface area contributed by atoms with Gasteiger partial charge in [0.15, 0.2) is 0 Å². The van der Waals surface area contributed by atoms with E-state index in [1.807, 2.05) is 4.90 Å². The van der Waals surface area contributed by atoms with E-state index in [1.165, 1.54) is 0 Å². The fraction of sp³-hybridized carbons (Fsp3) is 0.647. The van der Waals surface area contributed by atoms with E-state index in [4.69, 9.17) is 0 Å². The second-order valence-corrected chi connectivity index (χ2v) is 6.45. The highest BCUT2D eigenvalue weighted by molar-refractivity contribution is 5.90. The summed E-state index contributed by atoms with van der Waals surface area (Å²) in [7, 11) is 0. The predicted octanol–water partition coefficient (Wildman–Crippen LogP) is 0.691. The van der Waals surface area contributed by atoms with Crippen molar-refractivity contribution in [3.63, 3.8) is 0 Å². The Morgan fingerprint density at radius 3 is 2.70 bits per heavy atom. The van der Waals surface area contributed by atoms with Crippen LogP contribution in [0.1, 0.15) is 25.7 Å². The van der Waals surface area contributed by atoms with E-state index in [-0.39, 0.29) is 17.9 Å². The Morgan fingerprint density at radius 2 is 1.96 bits per heavy atom. The summed E-state index contributed by atoms with van der Waals surface area (Å²) in [5.41, 5.74) is 0. The van der Waals surface area contributed by atoms with Crippen molar-refractivity contribution >= 4 is 11.8 Å². The Hall–Kier alpha value is -1.82. The van der Waals surface area contributed by atoms with Crippen LogP contribution in [0.15, 0.2) is 24.5 Å². The Morgan fingerprint density at radius 1 is 1.13 bits per heavy atom. The van der Waals surface area contributed by atoms with Crippen molar-refractivity contribution in [2.24, 2.45) is 0 Å². The predicted molar refractivity (Wildman–Crippen MR) is 87.9 cm³/mol. The van der Waals surface area contributed by atoms with E-state index < -0.39 is 0 Å². The van der Waals surface area contributed by atoms with Crippen LogP contribution in [-0.4, -0.2) is 64.9 Å². The molecule has 0 bridgehead atoms. The zero-order chi connectivity index (χ0) is 16.1. The van der Waals surface area contributed by atoms with Crippen LogP contribution in [0.4, 0.5) is 0 Å². The van der Waals surface area contributed by atoms with Gasteiger partial charge in [-0.15, -0.1) is 0 Å². The molecule has 1 aromatic heterocycles. The fourth-order valence-electron chi connectivity index (χ4n) is 3.43. The van der Waals surface area contributed by atoms with Crippen LogP contribution in [0.25, 0.3) is 0 Å². The van der Waals surface area contributed by atoms with E-state index in [2.05, 4.69) is 39.3 Å². The van der Waals surface area contributed by atoms with Crippen LogP contribution in [0.5, 0.6) is 0 Å². The molecule has 0 aliphatic carbocycles. The van der Waals surface area contributed by atoms with E-state index in [0.717, 1.165) is 52.1 Å². The van der Waals surface area contributed by atoms with Crippen molar-refractivity contribution < 1.29 is 9.59 Å². The molecule has 0 saturated carbocycles. The molecule has 2 aliphatic rings. The average molecular weight is 318 g/mol. The number of amides is 2. The first-order chi connectivity index (χ1) is 11.2. The number of aryl methyl sites for hydroxylation is 1. The van der Waals surface area contributed by atoms with Gasteiger partial charge in [0.05, 0.1) is 0 Å². The molecule has 0 radical (unpaired) electrons.